The van der Waals surface area contributed by atoms with Gasteiger partial charge in [0.15, 0.2) is 23.3 Å². The van der Waals surface area contributed by atoms with Gasteiger partial charge in [-0.25, -0.2) is 26.3 Å². The summed E-state index contributed by atoms with van der Waals surface area (Å²) in [6.45, 7) is 4.01. The summed E-state index contributed by atoms with van der Waals surface area (Å²) in [5.74, 6) is -7.18. The molecule has 0 saturated heterocycles. The Kier molecular flexibility index (Phi) is 6.79. The third kappa shape index (κ3) is 5.20. The van der Waals surface area contributed by atoms with Gasteiger partial charge in [0.2, 0.25) is 0 Å². The standard InChI is InChI=1S/C22H17F5N2S/c1-13(28)16-7-5-14(6-8-16)11-29(12-15-3-2-4-17(23)9-15)30-19-10-18(24)20(25)22(27)21(19)26/h2-10H,1,11-12,28H2. The van der Waals surface area contributed by atoms with Crippen LogP contribution in [-0.4, -0.2) is 4.31 Å². The third-order valence-corrected chi connectivity index (χ3v) is 5.24. The second kappa shape index (κ2) is 9.32. The molecule has 156 valence electrons. The number of halogens is 5. The van der Waals surface area contributed by atoms with E-state index in [0.29, 0.717) is 29.3 Å². The van der Waals surface area contributed by atoms with Crippen molar-refractivity contribution in [3.63, 3.8) is 0 Å². The van der Waals surface area contributed by atoms with Crippen LogP contribution in [0, 0.1) is 29.1 Å². The van der Waals surface area contributed by atoms with Gasteiger partial charge in [-0.3, -0.25) is 0 Å². The van der Waals surface area contributed by atoms with Gasteiger partial charge in [-0.15, -0.1) is 0 Å². The van der Waals surface area contributed by atoms with Gasteiger partial charge < -0.3 is 5.73 Å². The molecule has 0 aliphatic rings. The first-order valence-corrected chi connectivity index (χ1v) is 9.56. The van der Waals surface area contributed by atoms with Crippen LogP contribution in [0.5, 0.6) is 0 Å². The summed E-state index contributed by atoms with van der Waals surface area (Å²) in [4.78, 5) is -0.422. The van der Waals surface area contributed by atoms with Gasteiger partial charge >= 0.3 is 0 Å². The molecule has 0 atom stereocenters. The molecule has 2 nitrogen and oxygen atoms in total. The highest BCUT2D eigenvalue weighted by Crippen LogP contribution is 2.32. The molecule has 0 aliphatic carbocycles. The molecule has 0 radical (unpaired) electrons. The van der Waals surface area contributed by atoms with Crippen LogP contribution < -0.4 is 5.73 Å². The van der Waals surface area contributed by atoms with Gasteiger partial charge in [-0.05, 0) is 46.8 Å². The Labute approximate surface area is 175 Å². The van der Waals surface area contributed by atoms with Gasteiger partial charge in [-0.1, -0.05) is 43.0 Å². The van der Waals surface area contributed by atoms with Crippen molar-refractivity contribution in [2.45, 2.75) is 18.0 Å². The average Bonchev–Trinajstić information content (AvgIpc) is 2.71. The van der Waals surface area contributed by atoms with Crippen LogP contribution in [0.25, 0.3) is 5.70 Å². The van der Waals surface area contributed by atoms with E-state index in [2.05, 4.69) is 6.58 Å². The van der Waals surface area contributed by atoms with Crippen LogP contribution in [0.4, 0.5) is 22.0 Å². The molecule has 0 spiro atoms. The van der Waals surface area contributed by atoms with E-state index in [4.69, 9.17) is 5.73 Å². The summed E-state index contributed by atoms with van der Waals surface area (Å²) in [6.07, 6.45) is 0. The molecule has 0 saturated carbocycles. The molecule has 0 amide bonds. The quantitative estimate of drug-likeness (QED) is 0.213. The van der Waals surface area contributed by atoms with Gasteiger partial charge in [0.05, 0.1) is 4.90 Å². The molecule has 0 aliphatic heterocycles. The maximum atomic E-state index is 14.2. The molecule has 0 aromatic heterocycles. The second-order valence-corrected chi connectivity index (χ2v) is 7.68. The molecule has 0 fully saturated rings. The van der Waals surface area contributed by atoms with E-state index in [0.717, 1.165) is 11.1 Å². The Hall–Kier alpha value is -2.84. The van der Waals surface area contributed by atoms with E-state index in [1.54, 1.807) is 34.6 Å². The molecule has 0 heterocycles. The van der Waals surface area contributed by atoms with Crippen LogP contribution in [0.2, 0.25) is 0 Å². The smallest absolute Gasteiger partial charge is 0.198 e. The van der Waals surface area contributed by atoms with Crippen molar-refractivity contribution in [1.29, 1.82) is 0 Å². The van der Waals surface area contributed by atoms with Crippen LogP contribution in [-0.2, 0) is 13.1 Å². The lowest BCUT2D eigenvalue weighted by Crippen LogP contribution is -2.16. The van der Waals surface area contributed by atoms with Crippen molar-refractivity contribution in [1.82, 2.24) is 4.31 Å². The minimum Gasteiger partial charge on any atom is -0.399 e. The van der Waals surface area contributed by atoms with E-state index in [9.17, 15) is 22.0 Å². The molecule has 3 rings (SSSR count). The Bertz CT molecular complexity index is 1070. The van der Waals surface area contributed by atoms with Crippen LogP contribution in [0.3, 0.4) is 0 Å². The van der Waals surface area contributed by atoms with Crippen molar-refractivity contribution in [2.24, 2.45) is 5.73 Å². The highest BCUT2D eigenvalue weighted by molar-refractivity contribution is 7.97. The van der Waals surface area contributed by atoms with Crippen molar-refractivity contribution in [3.05, 3.63) is 107 Å². The predicted molar refractivity (Wildman–Crippen MR) is 107 cm³/mol. The molecule has 2 N–H and O–H groups in total. The molecule has 0 bridgehead atoms. The third-order valence-electron chi connectivity index (χ3n) is 4.23. The molecule has 8 heteroatoms. The average molecular weight is 436 g/mol. The summed E-state index contributed by atoms with van der Waals surface area (Å²) in [7, 11) is 0. The number of hydrogen-bond acceptors (Lipinski definition) is 3. The fourth-order valence-electron chi connectivity index (χ4n) is 2.74. The molecule has 3 aromatic carbocycles. The fourth-order valence-corrected chi connectivity index (χ4v) is 3.78. The summed E-state index contributed by atoms with van der Waals surface area (Å²) >= 11 is 0.705. The topological polar surface area (TPSA) is 29.3 Å². The normalized spacial score (nSPS) is 11.1. The van der Waals surface area contributed by atoms with Crippen LogP contribution in [0.15, 0.2) is 66.1 Å². The lowest BCUT2D eigenvalue weighted by Gasteiger charge is -2.22. The van der Waals surface area contributed by atoms with Crippen molar-refractivity contribution < 1.29 is 22.0 Å². The fraction of sp³-hybridized carbons (Fsp3) is 0.0909. The number of nitrogens with two attached hydrogens (primary N) is 1. The summed E-state index contributed by atoms with van der Waals surface area (Å²) in [5.41, 5.74) is 8.13. The minimum atomic E-state index is -1.88. The summed E-state index contributed by atoms with van der Waals surface area (Å²) in [5, 5.41) is 0. The Balaban J connectivity index is 1.90. The first-order chi connectivity index (χ1) is 14.2. The zero-order chi connectivity index (χ0) is 21.8. The lowest BCUT2D eigenvalue weighted by molar-refractivity contribution is 0.396. The first kappa shape index (κ1) is 21.9. The van der Waals surface area contributed by atoms with Crippen molar-refractivity contribution in [2.75, 3.05) is 0 Å². The van der Waals surface area contributed by atoms with Crippen molar-refractivity contribution in [3.8, 4) is 0 Å². The monoisotopic (exact) mass is 436 g/mol. The van der Waals surface area contributed by atoms with E-state index in [1.165, 1.54) is 18.2 Å². The van der Waals surface area contributed by atoms with Gasteiger partial charge in [0.25, 0.3) is 0 Å². The predicted octanol–water partition coefficient (Wildman–Crippen LogP) is 6.02. The van der Waals surface area contributed by atoms with E-state index in [-0.39, 0.29) is 13.1 Å². The summed E-state index contributed by atoms with van der Waals surface area (Å²) < 4.78 is 69.8. The minimum absolute atomic E-state index is 0.133. The number of benzene rings is 3. The van der Waals surface area contributed by atoms with Gasteiger partial charge in [-0.2, -0.15) is 0 Å². The van der Waals surface area contributed by atoms with Gasteiger partial charge in [0, 0.05) is 18.8 Å². The van der Waals surface area contributed by atoms with Gasteiger partial charge in [0.1, 0.15) is 5.82 Å². The zero-order valence-corrected chi connectivity index (χ0v) is 16.5. The molecule has 0 unspecified atom stereocenters. The van der Waals surface area contributed by atoms with Crippen LogP contribution in [0.1, 0.15) is 16.7 Å². The van der Waals surface area contributed by atoms with E-state index in [1.807, 2.05) is 0 Å². The second-order valence-electron chi connectivity index (χ2n) is 6.54. The van der Waals surface area contributed by atoms with E-state index < -0.39 is 34.0 Å². The van der Waals surface area contributed by atoms with E-state index >= 15 is 0 Å². The maximum absolute atomic E-state index is 14.2. The lowest BCUT2D eigenvalue weighted by atomic mass is 10.1. The largest absolute Gasteiger partial charge is 0.399 e. The first-order valence-electron chi connectivity index (χ1n) is 8.78. The highest BCUT2D eigenvalue weighted by Gasteiger charge is 2.21. The SMILES string of the molecule is C=C(N)c1ccc(CN(Cc2cccc(F)c2)Sc2cc(F)c(F)c(F)c2F)cc1. The van der Waals surface area contributed by atoms with Crippen molar-refractivity contribution >= 4 is 17.6 Å². The number of nitrogens with zero attached hydrogens (tertiary/aromatic N) is 1. The van der Waals surface area contributed by atoms with Crippen LogP contribution >= 0.6 is 11.9 Å². The zero-order valence-electron chi connectivity index (χ0n) is 15.6. The maximum Gasteiger partial charge on any atom is 0.198 e. The Morgan fingerprint density at radius 3 is 2.13 bits per heavy atom. The molecular weight excluding hydrogens is 419 g/mol. The highest BCUT2D eigenvalue weighted by atomic mass is 32.2. The molecular formula is C22H17F5N2S. The number of hydrogen-bond donors (Lipinski definition) is 1. The summed E-state index contributed by atoms with van der Waals surface area (Å²) in [6, 6.07) is 13.4. The Morgan fingerprint density at radius 2 is 1.50 bits per heavy atom. The Morgan fingerprint density at radius 1 is 0.833 bits per heavy atom. The molecule has 30 heavy (non-hydrogen) atoms. The molecule has 3 aromatic rings. The number of rotatable bonds is 7.